The molecule has 0 atom stereocenters. The summed E-state index contributed by atoms with van der Waals surface area (Å²) in [6, 6.07) is 14.4. The second-order valence-electron chi connectivity index (χ2n) is 6.12. The molecule has 0 aliphatic carbocycles. The van der Waals surface area contributed by atoms with Gasteiger partial charge in [0.15, 0.2) is 11.5 Å². The Hall–Kier alpha value is -2.40. The number of piperazine rings is 1. The van der Waals surface area contributed by atoms with Crippen LogP contribution in [0.2, 0.25) is 0 Å². The fourth-order valence-electron chi connectivity index (χ4n) is 3.33. The number of para-hydroxylation sites is 1. The first-order chi connectivity index (χ1) is 11.8. The topological polar surface area (TPSA) is 34.2 Å². The van der Waals surface area contributed by atoms with Crippen molar-refractivity contribution < 1.29 is 14.2 Å². The lowest BCUT2D eigenvalue weighted by Crippen LogP contribution is -2.46. The van der Waals surface area contributed by atoms with Crippen LogP contribution in [0.4, 0.5) is 5.69 Å². The van der Waals surface area contributed by atoms with Gasteiger partial charge in [0.1, 0.15) is 5.75 Å². The fourth-order valence-corrected chi connectivity index (χ4v) is 3.33. The zero-order valence-corrected chi connectivity index (χ0v) is 13.9. The Kier molecular flexibility index (Phi) is 4.17. The molecule has 0 bridgehead atoms. The monoisotopic (exact) mass is 326 g/mol. The summed E-state index contributed by atoms with van der Waals surface area (Å²) in [5, 5.41) is 0. The van der Waals surface area contributed by atoms with Crippen molar-refractivity contribution in [1.82, 2.24) is 4.90 Å². The van der Waals surface area contributed by atoms with E-state index in [1.807, 2.05) is 24.3 Å². The lowest BCUT2D eigenvalue weighted by molar-refractivity contribution is 0.171. The first-order valence-electron chi connectivity index (χ1n) is 8.32. The number of rotatable bonds is 4. The molecule has 1 saturated heterocycles. The Morgan fingerprint density at radius 3 is 2.67 bits per heavy atom. The number of nitrogens with zero attached hydrogens (tertiary/aromatic N) is 2. The van der Waals surface area contributed by atoms with E-state index < -0.39 is 0 Å². The predicted octanol–water partition coefficient (Wildman–Crippen LogP) is 2.75. The van der Waals surface area contributed by atoms with E-state index >= 15 is 0 Å². The van der Waals surface area contributed by atoms with Crippen molar-refractivity contribution in [1.29, 1.82) is 0 Å². The van der Waals surface area contributed by atoms with E-state index in [4.69, 9.17) is 14.2 Å². The molecular weight excluding hydrogens is 304 g/mol. The number of anilines is 1. The van der Waals surface area contributed by atoms with Gasteiger partial charge in [-0.25, -0.2) is 0 Å². The molecule has 0 N–H and O–H groups in total. The van der Waals surface area contributed by atoms with Crippen molar-refractivity contribution in [2.24, 2.45) is 0 Å². The minimum Gasteiger partial charge on any atom is -0.497 e. The number of benzene rings is 2. The van der Waals surface area contributed by atoms with Crippen molar-refractivity contribution in [3.8, 4) is 17.2 Å². The molecular formula is C19H22N2O3. The second-order valence-corrected chi connectivity index (χ2v) is 6.12. The van der Waals surface area contributed by atoms with E-state index in [1.165, 1.54) is 11.3 Å². The average Bonchev–Trinajstić information content (AvgIpc) is 3.12. The van der Waals surface area contributed by atoms with Crippen molar-refractivity contribution in [2.75, 3.05) is 45.0 Å². The van der Waals surface area contributed by atoms with E-state index in [-0.39, 0.29) is 0 Å². The Morgan fingerprint density at radius 2 is 1.83 bits per heavy atom. The zero-order chi connectivity index (χ0) is 16.4. The van der Waals surface area contributed by atoms with Gasteiger partial charge in [0.05, 0.1) is 7.11 Å². The van der Waals surface area contributed by atoms with Crippen LogP contribution in [-0.2, 0) is 6.54 Å². The van der Waals surface area contributed by atoms with Crippen molar-refractivity contribution in [3.63, 3.8) is 0 Å². The molecule has 1 fully saturated rings. The molecule has 0 spiro atoms. The summed E-state index contributed by atoms with van der Waals surface area (Å²) < 4.78 is 16.4. The first-order valence-corrected chi connectivity index (χ1v) is 8.32. The highest BCUT2D eigenvalue weighted by Gasteiger charge is 2.22. The van der Waals surface area contributed by atoms with Crippen LogP contribution in [-0.4, -0.2) is 45.0 Å². The van der Waals surface area contributed by atoms with Gasteiger partial charge in [-0.3, -0.25) is 4.90 Å². The van der Waals surface area contributed by atoms with E-state index in [2.05, 4.69) is 28.0 Å². The van der Waals surface area contributed by atoms with Crippen molar-refractivity contribution in [2.45, 2.75) is 6.54 Å². The number of ether oxygens (including phenoxy) is 3. The summed E-state index contributed by atoms with van der Waals surface area (Å²) >= 11 is 0. The SMILES string of the molecule is COc1cccc(N2CCN(Cc3cccc4c3OCO4)CC2)c1. The third kappa shape index (κ3) is 2.99. The van der Waals surface area contributed by atoms with Gasteiger partial charge < -0.3 is 19.1 Å². The van der Waals surface area contributed by atoms with Gasteiger partial charge in [0.25, 0.3) is 0 Å². The normalized spacial score (nSPS) is 17.1. The van der Waals surface area contributed by atoms with Gasteiger partial charge in [-0.1, -0.05) is 18.2 Å². The highest BCUT2D eigenvalue weighted by atomic mass is 16.7. The minimum absolute atomic E-state index is 0.329. The third-order valence-corrected chi connectivity index (χ3v) is 4.66. The molecule has 24 heavy (non-hydrogen) atoms. The van der Waals surface area contributed by atoms with Crippen LogP contribution in [0.25, 0.3) is 0 Å². The Labute approximate surface area is 142 Å². The number of hydrogen-bond acceptors (Lipinski definition) is 5. The second kappa shape index (κ2) is 6.61. The van der Waals surface area contributed by atoms with E-state index in [1.54, 1.807) is 7.11 Å². The summed E-state index contributed by atoms with van der Waals surface area (Å²) in [7, 11) is 1.71. The molecule has 2 aliphatic rings. The Morgan fingerprint density at radius 1 is 1.00 bits per heavy atom. The van der Waals surface area contributed by atoms with Gasteiger partial charge >= 0.3 is 0 Å². The summed E-state index contributed by atoms with van der Waals surface area (Å²) in [4.78, 5) is 4.88. The summed E-state index contributed by atoms with van der Waals surface area (Å²) in [6.45, 7) is 5.32. The molecule has 5 heteroatoms. The van der Waals surface area contributed by atoms with Gasteiger partial charge in [0, 0.05) is 50.0 Å². The smallest absolute Gasteiger partial charge is 0.231 e. The van der Waals surface area contributed by atoms with Gasteiger partial charge in [-0.15, -0.1) is 0 Å². The van der Waals surface area contributed by atoms with Crippen molar-refractivity contribution >= 4 is 5.69 Å². The van der Waals surface area contributed by atoms with E-state index in [0.29, 0.717) is 6.79 Å². The summed E-state index contributed by atoms with van der Waals surface area (Å²) in [5.41, 5.74) is 2.44. The van der Waals surface area contributed by atoms with Gasteiger partial charge in [0.2, 0.25) is 6.79 Å². The number of methoxy groups -OCH3 is 1. The van der Waals surface area contributed by atoms with Crippen LogP contribution in [0.5, 0.6) is 17.2 Å². The van der Waals surface area contributed by atoms with E-state index in [9.17, 15) is 0 Å². The standard InChI is InChI=1S/C19H22N2O3/c1-22-17-6-3-5-16(12-17)21-10-8-20(9-11-21)13-15-4-2-7-18-19(15)24-14-23-18/h2-7,12H,8-11,13-14H2,1H3. The van der Waals surface area contributed by atoms with Crippen LogP contribution in [0.15, 0.2) is 42.5 Å². The van der Waals surface area contributed by atoms with Gasteiger partial charge in [-0.2, -0.15) is 0 Å². The maximum atomic E-state index is 5.61. The number of hydrogen-bond donors (Lipinski definition) is 0. The highest BCUT2D eigenvalue weighted by molar-refractivity contribution is 5.51. The molecule has 2 aromatic rings. The minimum atomic E-state index is 0.329. The lowest BCUT2D eigenvalue weighted by atomic mass is 10.1. The Balaban J connectivity index is 1.39. The largest absolute Gasteiger partial charge is 0.497 e. The summed E-state index contributed by atoms with van der Waals surface area (Å²) in [5.74, 6) is 2.68. The molecule has 0 amide bonds. The van der Waals surface area contributed by atoms with Crippen LogP contribution in [0.1, 0.15) is 5.56 Å². The van der Waals surface area contributed by atoms with Crippen LogP contribution in [0, 0.1) is 0 Å². The maximum Gasteiger partial charge on any atom is 0.231 e. The quantitative estimate of drug-likeness (QED) is 0.863. The highest BCUT2D eigenvalue weighted by Crippen LogP contribution is 2.36. The molecule has 0 saturated carbocycles. The summed E-state index contributed by atoms with van der Waals surface area (Å²) in [6.07, 6.45) is 0. The molecule has 2 aliphatic heterocycles. The molecule has 126 valence electrons. The molecule has 4 rings (SSSR count). The Bertz CT molecular complexity index is 712. The van der Waals surface area contributed by atoms with Crippen LogP contribution >= 0.6 is 0 Å². The molecule has 0 unspecified atom stereocenters. The molecule has 5 nitrogen and oxygen atoms in total. The van der Waals surface area contributed by atoms with E-state index in [0.717, 1.165) is 50.0 Å². The molecule has 0 aromatic heterocycles. The fraction of sp³-hybridized carbons (Fsp3) is 0.368. The first kappa shape index (κ1) is 15.1. The van der Waals surface area contributed by atoms with Crippen LogP contribution < -0.4 is 19.1 Å². The van der Waals surface area contributed by atoms with Gasteiger partial charge in [-0.05, 0) is 18.2 Å². The molecule has 2 aromatic carbocycles. The average molecular weight is 326 g/mol. The zero-order valence-electron chi connectivity index (χ0n) is 13.9. The predicted molar refractivity (Wildman–Crippen MR) is 93.0 cm³/mol. The molecule has 0 radical (unpaired) electrons. The maximum absolute atomic E-state index is 5.61. The molecule has 2 heterocycles. The lowest BCUT2D eigenvalue weighted by Gasteiger charge is -2.36. The third-order valence-electron chi connectivity index (χ3n) is 4.66. The van der Waals surface area contributed by atoms with Crippen molar-refractivity contribution in [3.05, 3.63) is 48.0 Å². The van der Waals surface area contributed by atoms with Crippen LogP contribution in [0.3, 0.4) is 0 Å². The number of fused-ring (bicyclic) bond motifs is 1.